The zero-order valence-corrected chi connectivity index (χ0v) is 8.89. The van der Waals surface area contributed by atoms with Gasteiger partial charge in [0.2, 0.25) is 5.91 Å². The quantitative estimate of drug-likeness (QED) is 0.528. The van der Waals surface area contributed by atoms with Gasteiger partial charge in [0.15, 0.2) is 0 Å². The summed E-state index contributed by atoms with van der Waals surface area (Å²) < 4.78 is 4.98. The molecular weight excluding hydrogens is 210 g/mol. The van der Waals surface area contributed by atoms with Crippen LogP contribution < -0.4 is 5.32 Å². The number of hydrogen-bond donors (Lipinski definition) is 2. The van der Waals surface area contributed by atoms with E-state index in [9.17, 15) is 9.59 Å². The maximum atomic E-state index is 11.8. The lowest BCUT2D eigenvalue weighted by Crippen LogP contribution is -2.40. The highest BCUT2D eigenvalue weighted by atomic mass is 16.6. The fourth-order valence-electron chi connectivity index (χ4n) is 1.91. The summed E-state index contributed by atoms with van der Waals surface area (Å²) in [5.74, 6) is -2.11. The molecular formula is C11H15NO4. The second-order valence-corrected chi connectivity index (χ2v) is 4.19. The number of nitrogens with one attached hydrogen (secondary N) is 1. The van der Waals surface area contributed by atoms with E-state index in [1.165, 1.54) is 0 Å². The van der Waals surface area contributed by atoms with E-state index in [1.54, 1.807) is 0 Å². The number of allylic oxidation sites excluding steroid dienone is 2. The van der Waals surface area contributed by atoms with Crippen LogP contribution in [0.25, 0.3) is 0 Å². The van der Waals surface area contributed by atoms with Gasteiger partial charge < -0.3 is 15.2 Å². The molecule has 1 fully saturated rings. The van der Waals surface area contributed by atoms with E-state index in [4.69, 9.17) is 9.84 Å². The van der Waals surface area contributed by atoms with Gasteiger partial charge in [0.05, 0.1) is 24.5 Å². The molecule has 16 heavy (non-hydrogen) atoms. The van der Waals surface area contributed by atoms with Crippen LogP contribution in [0.5, 0.6) is 0 Å². The molecule has 0 unspecified atom stereocenters. The summed E-state index contributed by atoms with van der Waals surface area (Å²) in [6.07, 6.45) is 4.78. The number of rotatable bonds is 4. The van der Waals surface area contributed by atoms with Crippen molar-refractivity contribution in [2.24, 2.45) is 11.8 Å². The van der Waals surface area contributed by atoms with Crippen LogP contribution in [0.4, 0.5) is 0 Å². The standard InChI is InChI=1S/C11H15NO4/c13-10(12-5-7-6-16-7)8-3-1-2-4-9(8)11(14)15/h1-2,7-9H,3-6H2,(H,12,13)(H,14,15)/t7-,8+,9+/m1/s1. The van der Waals surface area contributed by atoms with Crippen LogP contribution in [0.3, 0.4) is 0 Å². The molecule has 5 heteroatoms. The molecule has 1 amide bonds. The summed E-state index contributed by atoms with van der Waals surface area (Å²) in [5.41, 5.74) is 0. The second kappa shape index (κ2) is 4.65. The third-order valence-corrected chi connectivity index (χ3v) is 2.99. The van der Waals surface area contributed by atoms with E-state index in [1.807, 2.05) is 12.2 Å². The van der Waals surface area contributed by atoms with Crippen LogP contribution in [0.2, 0.25) is 0 Å². The number of hydrogen-bond acceptors (Lipinski definition) is 3. The van der Waals surface area contributed by atoms with Crippen molar-refractivity contribution in [2.45, 2.75) is 18.9 Å². The van der Waals surface area contributed by atoms with Gasteiger partial charge in [-0.3, -0.25) is 9.59 Å². The molecule has 0 spiro atoms. The first-order valence-corrected chi connectivity index (χ1v) is 5.45. The largest absolute Gasteiger partial charge is 0.481 e. The predicted molar refractivity (Wildman–Crippen MR) is 55.7 cm³/mol. The summed E-state index contributed by atoms with van der Waals surface area (Å²) >= 11 is 0. The first-order valence-electron chi connectivity index (χ1n) is 5.45. The number of aliphatic carboxylic acids is 1. The van der Waals surface area contributed by atoms with Gasteiger partial charge in [-0.15, -0.1) is 0 Å². The van der Waals surface area contributed by atoms with Crippen LogP contribution in [-0.2, 0) is 14.3 Å². The number of carboxylic acid groups (broad SMARTS) is 1. The second-order valence-electron chi connectivity index (χ2n) is 4.19. The fraction of sp³-hybridized carbons (Fsp3) is 0.636. The number of carbonyl (C=O) groups is 2. The minimum absolute atomic E-state index is 0.131. The van der Waals surface area contributed by atoms with Crippen LogP contribution in [0.15, 0.2) is 12.2 Å². The minimum Gasteiger partial charge on any atom is -0.481 e. The molecule has 88 valence electrons. The average Bonchev–Trinajstić information content (AvgIpc) is 3.09. The molecule has 3 atom stereocenters. The lowest BCUT2D eigenvalue weighted by atomic mass is 9.82. The van der Waals surface area contributed by atoms with Crippen molar-refractivity contribution in [1.29, 1.82) is 0 Å². The molecule has 1 saturated heterocycles. The van der Waals surface area contributed by atoms with Crippen molar-refractivity contribution in [3.63, 3.8) is 0 Å². The number of amides is 1. The van der Waals surface area contributed by atoms with Crippen molar-refractivity contribution in [1.82, 2.24) is 5.32 Å². The Labute approximate surface area is 93.5 Å². The molecule has 0 radical (unpaired) electrons. The van der Waals surface area contributed by atoms with Gasteiger partial charge in [0.1, 0.15) is 0 Å². The highest BCUT2D eigenvalue weighted by Crippen LogP contribution is 2.26. The van der Waals surface area contributed by atoms with E-state index in [0.29, 0.717) is 26.0 Å². The summed E-state index contributed by atoms with van der Waals surface area (Å²) in [4.78, 5) is 22.8. The first-order chi connectivity index (χ1) is 7.68. The highest BCUT2D eigenvalue weighted by molar-refractivity contribution is 5.85. The molecule has 1 aliphatic heterocycles. The van der Waals surface area contributed by atoms with Crippen LogP contribution >= 0.6 is 0 Å². The average molecular weight is 225 g/mol. The van der Waals surface area contributed by atoms with E-state index in [0.717, 1.165) is 0 Å². The van der Waals surface area contributed by atoms with E-state index in [2.05, 4.69) is 5.32 Å². The first kappa shape index (κ1) is 11.1. The van der Waals surface area contributed by atoms with Gasteiger partial charge in [0, 0.05) is 6.54 Å². The Morgan fingerprint density at radius 1 is 1.31 bits per heavy atom. The monoisotopic (exact) mass is 225 g/mol. The maximum absolute atomic E-state index is 11.8. The SMILES string of the molecule is O=C(O)[C@H]1CC=CC[C@@H]1C(=O)NC[C@@H]1CO1. The molecule has 0 saturated carbocycles. The summed E-state index contributed by atoms with van der Waals surface area (Å²) in [5, 5.41) is 11.7. The number of epoxide rings is 1. The van der Waals surface area contributed by atoms with Gasteiger partial charge in [-0.1, -0.05) is 12.2 Å². The molecule has 0 aromatic heterocycles. The zero-order valence-electron chi connectivity index (χ0n) is 8.89. The van der Waals surface area contributed by atoms with Gasteiger partial charge >= 0.3 is 5.97 Å². The Kier molecular flexibility index (Phi) is 3.24. The van der Waals surface area contributed by atoms with Gasteiger partial charge in [-0.25, -0.2) is 0 Å². The van der Waals surface area contributed by atoms with Crippen LogP contribution in [0.1, 0.15) is 12.8 Å². The lowest BCUT2D eigenvalue weighted by Gasteiger charge is -2.23. The molecule has 2 aliphatic rings. The molecule has 1 heterocycles. The molecule has 2 N–H and O–H groups in total. The molecule has 0 bridgehead atoms. The maximum Gasteiger partial charge on any atom is 0.307 e. The number of ether oxygens (including phenoxy) is 1. The third-order valence-electron chi connectivity index (χ3n) is 2.99. The minimum atomic E-state index is -0.896. The smallest absolute Gasteiger partial charge is 0.307 e. The zero-order chi connectivity index (χ0) is 11.5. The van der Waals surface area contributed by atoms with Crippen molar-refractivity contribution in [3.05, 3.63) is 12.2 Å². The molecule has 2 rings (SSSR count). The molecule has 0 aromatic rings. The highest BCUT2D eigenvalue weighted by Gasteiger charge is 2.34. The molecule has 5 nitrogen and oxygen atoms in total. The third kappa shape index (κ3) is 2.61. The topological polar surface area (TPSA) is 78.9 Å². The lowest BCUT2D eigenvalue weighted by molar-refractivity contribution is -0.147. The van der Waals surface area contributed by atoms with Crippen LogP contribution in [-0.4, -0.2) is 36.2 Å². The van der Waals surface area contributed by atoms with Crippen molar-refractivity contribution >= 4 is 11.9 Å². The normalized spacial score (nSPS) is 32.1. The summed E-state index contributed by atoms with van der Waals surface area (Å²) in [6, 6.07) is 0. The van der Waals surface area contributed by atoms with Crippen molar-refractivity contribution in [3.8, 4) is 0 Å². The Bertz CT molecular complexity index is 322. The predicted octanol–water partition coefficient (Wildman–Crippen LogP) is 0.168. The Morgan fingerprint density at radius 2 is 1.94 bits per heavy atom. The van der Waals surface area contributed by atoms with E-state index in [-0.39, 0.29) is 12.0 Å². The van der Waals surface area contributed by atoms with Gasteiger partial charge in [0.25, 0.3) is 0 Å². The molecule has 0 aromatic carbocycles. The van der Waals surface area contributed by atoms with Crippen LogP contribution in [0, 0.1) is 11.8 Å². The Morgan fingerprint density at radius 3 is 2.50 bits per heavy atom. The summed E-state index contributed by atoms with van der Waals surface area (Å²) in [6.45, 7) is 1.18. The van der Waals surface area contributed by atoms with E-state index >= 15 is 0 Å². The Balaban J connectivity index is 1.90. The van der Waals surface area contributed by atoms with Crippen molar-refractivity contribution < 1.29 is 19.4 Å². The number of carbonyl (C=O) groups excluding carboxylic acids is 1. The molecule has 1 aliphatic carbocycles. The fourth-order valence-corrected chi connectivity index (χ4v) is 1.91. The van der Waals surface area contributed by atoms with Crippen molar-refractivity contribution in [2.75, 3.05) is 13.2 Å². The summed E-state index contributed by atoms with van der Waals surface area (Å²) in [7, 11) is 0. The van der Waals surface area contributed by atoms with Gasteiger partial charge in [-0.05, 0) is 12.8 Å². The van der Waals surface area contributed by atoms with E-state index < -0.39 is 17.8 Å². The Hall–Kier alpha value is -1.36. The van der Waals surface area contributed by atoms with Gasteiger partial charge in [-0.2, -0.15) is 0 Å². The number of carboxylic acids is 1.